The Morgan fingerprint density at radius 3 is 2.29 bits per heavy atom. The van der Waals surface area contributed by atoms with Gasteiger partial charge in [0.05, 0.1) is 12.0 Å². The van der Waals surface area contributed by atoms with E-state index >= 15 is 0 Å². The molecule has 1 aliphatic carbocycles. The van der Waals surface area contributed by atoms with Gasteiger partial charge in [-0.1, -0.05) is 69.7 Å². The summed E-state index contributed by atoms with van der Waals surface area (Å²) in [5, 5.41) is 11.3. The molecule has 2 heterocycles. The van der Waals surface area contributed by atoms with E-state index in [0.717, 1.165) is 61.7 Å². The number of rotatable bonds is 15. The molecule has 1 saturated carbocycles. The Hall–Kier alpha value is -3.38. The van der Waals surface area contributed by atoms with Gasteiger partial charge in [-0.25, -0.2) is 4.79 Å². The largest absolute Gasteiger partial charge is 0.461 e. The Bertz CT molecular complexity index is 1500. The lowest BCUT2D eigenvalue weighted by Crippen LogP contribution is -2.40. The third-order valence-electron chi connectivity index (χ3n) is 9.40. The summed E-state index contributed by atoms with van der Waals surface area (Å²) in [6.07, 6.45) is 9.04. The molecule has 0 radical (unpaired) electrons. The topological polar surface area (TPSA) is 86.0 Å². The molecule has 0 spiro atoms. The Morgan fingerprint density at radius 2 is 1.64 bits per heavy atom. The van der Waals surface area contributed by atoms with E-state index in [-0.39, 0.29) is 19.0 Å². The summed E-state index contributed by atoms with van der Waals surface area (Å²) in [6, 6.07) is 17.0. The first-order valence-electron chi connectivity index (χ1n) is 16.8. The molecule has 0 bridgehead atoms. The van der Waals surface area contributed by atoms with Crippen molar-refractivity contribution in [2.75, 3.05) is 13.2 Å². The van der Waals surface area contributed by atoms with Crippen molar-refractivity contribution in [3.63, 3.8) is 0 Å². The van der Waals surface area contributed by atoms with Gasteiger partial charge in [-0.2, -0.15) is 0 Å². The predicted octanol–water partition coefficient (Wildman–Crippen LogP) is 8.10. The average molecular weight is 615 g/mol. The van der Waals surface area contributed by atoms with Crippen LogP contribution in [0.3, 0.4) is 0 Å². The third-order valence-corrected chi connectivity index (χ3v) is 9.40. The van der Waals surface area contributed by atoms with Gasteiger partial charge in [-0.3, -0.25) is 4.79 Å². The quantitative estimate of drug-likeness (QED) is 0.138. The molecule has 1 atom stereocenters. The van der Waals surface area contributed by atoms with Crippen LogP contribution in [0.25, 0.3) is 11.0 Å². The predicted molar refractivity (Wildman–Crippen MR) is 177 cm³/mol. The summed E-state index contributed by atoms with van der Waals surface area (Å²) >= 11 is 0. The fraction of sp³-hybridized carbons (Fsp3) is 0.538. The molecule has 1 aromatic heterocycles. The second kappa shape index (κ2) is 13.9. The summed E-state index contributed by atoms with van der Waals surface area (Å²) in [5.41, 5.74) is 3.35. The lowest BCUT2D eigenvalue weighted by molar-refractivity contribution is -0.169. The number of hydrogen-bond acceptors (Lipinski definition) is 6. The smallest absolute Gasteiger partial charge is 0.334 e. The first-order valence-corrected chi connectivity index (χ1v) is 16.8. The number of cyclic esters (lactones) is 1. The summed E-state index contributed by atoms with van der Waals surface area (Å²) in [5.74, 6) is 1.68. The minimum atomic E-state index is -1.23. The number of ether oxygens (including phenoxy) is 2. The van der Waals surface area contributed by atoms with Crippen molar-refractivity contribution < 1.29 is 28.6 Å². The van der Waals surface area contributed by atoms with Crippen LogP contribution in [0.5, 0.6) is 0 Å². The molecule has 2 aliphatic rings. The molecule has 0 unspecified atom stereocenters. The first kappa shape index (κ1) is 33.0. The lowest BCUT2D eigenvalue weighted by atomic mass is 9.86. The molecular weight excluding hydrogens is 564 g/mol. The van der Waals surface area contributed by atoms with Crippen LogP contribution in [0, 0.1) is 30.1 Å². The molecule has 6 heteroatoms. The molecular formula is C39H50O6. The van der Waals surface area contributed by atoms with Gasteiger partial charge in [0.2, 0.25) is 0 Å². The van der Waals surface area contributed by atoms with Gasteiger partial charge < -0.3 is 19.0 Å². The zero-order chi connectivity index (χ0) is 32.2. The van der Waals surface area contributed by atoms with Crippen LogP contribution in [0.15, 0.2) is 64.6 Å². The highest BCUT2D eigenvalue weighted by atomic mass is 16.6. The molecule has 6 nitrogen and oxygen atoms in total. The number of hydrogen-bond donors (Lipinski definition) is 1. The number of esters is 2. The number of furan rings is 1. The summed E-state index contributed by atoms with van der Waals surface area (Å²) in [6.45, 7) is 10.4. The Labute approximate surface area is 268 Å². The minimum Gasteiger partial charge on any atom is -0.461 e. The van der Waals surface area contributed by atoms with Crippen molar-refractivity contribution in [2.24, 2.45) is 23.2 Å². The molecule has 45 heavy (non-hydrogen) atoms. The first-order chi connectivity index (χ1) is 21.5. The van der Waals surface area contributed by atoms with Gasteiger partial charge in [0.15, 0.2) is 5.60 Å². The second-order valence-corrected chi connectivity index (χ2v) is 14.6. The van der Waals surface area contributed by atoms with Crippen molar-refractivity contribution in [3.8, 4) is 0 Å². The highest BCUT2D eigenvalue weighted by molar-refractivity contribution is 5.91. The standard InChI is InChI=1S/C39H50O6/c1-26(2)18-31(19-27(3)4)12-14-32-22-39(24-40,45-36(32)41)25-43-37(42)38(16-17-38)23-34-21-33-20-30(13-15-35(33)44-34)11-10-29-8-6-28(5)7-9-29/h6-9,13-15,20-21,26-27,31,40H,10-12,16-19,22-25H2,1-5H3/b32-14+/t39-/m1/s1. The van der Waals surface area contributed by atoms with Crippen LogP contribution in [0.1, 0.15) is 88.7 Å². The van der Waals surface area contributed by atoms with Crippen molar-refractivity contribution in [3.05, 3.63) is 82.6 Å². The number of aliphatic hydroxyl groups is 1. The van der Waals surface area contributed by atoms with E-state index in [4.69, 9.17) is 13.9 Å². The van der Waals surface area contributed by atoms with Crippen molar-refractivity contribution >= 4 is 22.9 Å². The van der Waals surface area contributed by atoms with Crippen LogP contribution in [-0.2, 0) is 38.3 Å². The van der Waals surface area contributed by atoms with Crippen molar-refractivity contribution in [1.29, 1.82) is 0 Å². The van der Waals surface area contributed by atoms with Crippen LogP contribution < -0.4 is 0 Å². The summed E-state index contributed by atoms with van der Waals surface area (Å²) in [4.78, 5) is 26.1. The molecule has 1 saturated heterocycles. The van der Waals surface area contributed by atoms with E-state index in [0.29, 0.717) is 29.7 Å². The number of carbonyl (C=O) groups is 2. The molecule has 3 aromatic rings. The highest BCUT2D eigenvalue weighted by Gasteiger charge is 2.53. The average Bonchev–Trinajstić information content (AvgIpc) is 3.55. The highest BCUT2D eigenvalue weighted by Crippen LogP contribution is 2.50. The van der Waals surface area contributed by atoms with Crippen LogP contribution in [0.2, 0.25) is 0 Å². The van der Waals surface area contributed by atoms with E-state index in [1.807, 2.05) is 18.2 Å². The Kier molecular flexibility index (Phi) is 10.2. The van der Waals surface area contributed by atoms with E-state index < -0.39 is 23.6 Å². The van der Waals surface area contributed by atoms with Gasteiger partial charge in [0.1, 0.15) is 18.0 Å². The number of aliphatic hydroxyl groups excluding tert-OH is 1. The van der Waals surface area contributed by atoms with Gasteiger partial charge in [0.25, 0.3) is 0 Å². The number of fused-ring (bicyclic) bond motifs is 1. The van der Waals surface area contributed by atoms with E-state index in [2.05, 4.69) is 71.0 Å². The van der Waals surface area contributed by atoms with Crippen LogP contribution >= 0.6 is 0 Å². The van der Waals surface area contributed by atoms with Gasteiger partial charge >= 0.3 is 11.9 Å². The molecule has 2 aromatic carbocycles. The monoisotopic (exact) mass is 614 g/mol. The molecule has 5 rings (SSSR count). The van der Waals surface area contributed by atoms with E-state index in [1.165, 1.54) is 16.7 Å². The van der Waals surface area contributed by atoms with Gasteiger partial charge in [-0.05, 0) is 98.9 Å². The third kappa shape index (κ3) is 8.46. The zero-order valence-electron chi connectivity index (χ0n) is 27.7. The minimum absolute atomic E-state index is 0.154. The molecule has 1 N–H and O–H groups in total. The van der Waals surface area contributed by atoms with Crippen LogP contribution in [-0.4, -0.2) is 35.9 Å². The molecule has 2 fully saturated rings. The number of allylic oxidation sites excluding steroid dienone is 1. The van der Waals surface area contributed by atoms with Gasteiger partial charge in [0, 0.05) is 23.8 Å². The maximum atomic E-state index is 13.3. The number of carbonyl (C=O) groups excluding carboxylic acids is 2. The lowest BCUT2D eigenvalue weighted by Gasteiger charge is -2.25. The normalized spacial score (nSPS) is 20.1. The summed E-state index contributed by atoms with van der Waals surface area (Å²) in [7, 11) is 0. The SMILES string of the molecule is Cc1ccc(CCc2ccc3oc(CC4(C(=O)OC[C@]5(CO)C/C(=C\CC(CC(C)C)CC(C)C)C(=O)O5)CC4)cc3c2)cc1. The van der Waals surface area contributed by atoms with Crippen molar-refractivity contribution in [2.45, 2.75) is 98.0 Å². The number of benzene rings is 2. The van der Waals surface area contributed by atoms with Gasteiger partial charge in [-0.15, -0.1) is 0 Å². The maximum absolute atomic E-state index is 13.3. The molecule has 0 amide bonds. The maximum Gasteiger partial charge on any atom is 0.334 e. The fourth-order valence-corrected chi connectivity index (χ4v) is 6.74. The van der Waals surface area contributed by atoms with Crippen LogP contribution in [0.4, 0.5) is 0 Å². The Morgan fingerprint density at radius 1 is 0.978 bits per heavy atom. The Balaban J connectivity index is 1.17. The van der Waals surface area contributed by atoms with Crippen molar-refractivity contribution in [1.82, 2.24) is 0 Å². The van der Waals surface area contributed by atoms with E-state index in [9.17, 15) is 14.7 Å². The second-order valence-electron chi connectivity index (χ2n) is 14.6. The fourth-order valence-electron chi connectivity index (χ4n) is 6.74. The zero-order valence-corrected chi connectivity index (χ0v) is 27.7. The van der Waals surface area contributed by atoms with E-state index in [1.54, 1.807) is 0 Å². The molecule has 242 valence electrons. The number of aryl methyl sites for hydroxylation is 3. The molecule has 1 aliphatic heterocycles. The summed E-state index contributed by atoms with van der Waals surface area (Å²) < 4.78 is 17.6.